The molecule has 1 N–H and O–H groups in total. The van der Waals surface area contributed by atoms with Crippen LogP contribution in [0.2, 0.25) is 0 Å². The van der Waals surface area contributed by atoms with Gasteiger partial charge in [-0.25, -0.2) is 5.43 Å². The number of nitrogens with one attached hydrogen (secondary N) is 1. The molecular weight excluding hydrogens is 314 g/mol. The fraction of sp³-hybridized carbons (Fsp3) is 0.300. The minimum atomic E-state index is -0.200. The molecule has 1 atom stereocenters. The van der Waals surface area contributed by atoms with Crippen LogP contribution in [0.1, 0.15) is 28.9 Å². The zero-order valence-electron chi connectivity index (χ0n) is 14.4. The maximum absolute atomic E-state index is 12.2. The molecule has 1 aliphatic rings. The monoisotopic (exact) mass is 337 g/mol. The van der Waals surface area contributed by atoms with Crippen LogP contribution in [0, 0.1) is 0 Å². The molecule has 0 unspecified atom stereocenters. The third-order valence-electron chi connectivity index (χ3n) is 4.29. The molecule has 1 fully saturated rings. The molecule has 1 saturated heterocycles. The van der Waals surface area contributed by atoms with Gasteiger partial charge in [-0.15, -0.1) is 0 Å². The van der Waals surface area contributed by atoms with Gasteiger partial charge in [-0.2, -0.15) is 5.10 Å². The predicted molar refractivity (Wildman–Crippen MR) is 98.6 cm³/mol. The van der Waals surface area contributed by atoms with E-state index in [1.165, 1.54) is 5.56 Å². The van der Waals surface area contributed by atoms with Gasteiger partial charge in [-0.1, -0.05) is 48.5 Å². The lowest BCUT2D eigenvalue weighted by atomic mass is 10.0. The fourth-order valence-corrected chi connectivity index (χ4v) is 3.04. The number of amides is 1. The maximum atomic E-state index is 12.2. The van der Waals surface area contributed by atoms with Crippen LogP contribution < -0.4 is 5.43 Å². The van der Waals surface area contributed by atoms with Crippen molar-refractivity contribution in [2.45, 2.75) is 13.0 Å². The second-order valence-electron chi connectivity index (χ2n) is 6.02. The highest BCUT2D eigenvalue weighted by molar-refractivity contribution is 5.96. The first kappa shape index (κ1) is 17.3. The number of hydrogen-bond acceptors (Lipinski definition) is 4. The molecule has 2 aromatic rings. The van der Waals surface area contributed by atoms with E-state index in [1.54, 1.807) is 12.1 Å². The zero-order chi connectivity index (χ0) is 17.5. The van der Waals surface area contributed by atoms with Crippen LogP contribution >= 0.6 is 0 Å². The molecule has 0 saturated carbocycles. The number of rotatable bonds is 5. The average molecular weight is 337 g/mol. The molecule has 0 aliphatic carbocycles. The minimum Gasteiger partial charge on any atom is -0.379 e. The van der Waals surface area contributed by atoms with Crippen molar-refractivity contribution in [2.75, 3.05) is 26.3 Å². The number of benzene rings is 2. The Balaban J connectivity index is 1.78. The summed E-state index contributed by atoms with van der Waals surface area (Å²) in [7, 11) is 0. The quantitative estimate of drug-likeness (QED) is 0.674. The van der Waals surface area contributed by atoms with Gasteiger partial charge in [0.25, 0.3) is 5.91 Å². The molecule has 0 bridgehead atoms. The second kappa shape index (κ2) is 8.55. The first-order valence-corrected chi connectivity index (χ1v) is 8.52. The summed E-state index contributed by atoms with van der Waals surface area (Å²) in [5.74, 6) is -0.200. The highest BCUT2D eigenvalue weighted by atomic mass is 16.5. The molecular formula is C20H23N3O2. The fourth-order valence-electron chi connectivity index (χ4n) is 3.04. The maximum Gasteiger partial charge on any atom is 0.271 e. The van der Waals surface area contributed by atoms with Crippen LogP contribution in [-0.4, -0.2) is 42.8 Å². The lowest BCUT2D eigenvalue weighted by Gasteiger charge is -2.34. The van der Waals surface area contributed by atoms with E-state index in [9.17, 15) is 4.79 Å². The van der Waals surface area contributed by atoms with Crippen molar-refractivity contribution in [1.82, 2.24) is 10.3 Å². The number of carbonyl (C=O) groups excluding carboxylic acids is 1. The van der Waals surface area contributed by atoms with Crippen LogP contribution in [0.25, 0.3) is 0 Å². The highest BCUT2D eigenvalue weighted by Gasteiger charge is 2.25. The van der Waals surface area contributed by atoms with Gasteiger partial charge in [-0.05, 0) is 24.6 Å². The summed E-state index contributed by atoms with van der Waals surface area (Å²) in [6, 6.07) is 19.4. The van der Waals surface area contributed by atoms with Gasteiger partial charge in [0, 0.05) is 18.7 Å². The molecule has 0 aromatic heterocycles. The summed E-state index contributed by atoms with van der Waals surface area (Å²) >= 11 is 0. The SMILES string of the molecule is C/C(=N/NC(=O)c1ccccc1)[C@@H](c1ccccc1)N1CCOCC1. The molecule has 130 valence electrons. The van der Waals surface area contributed by atoms with Crippen molar-refractivity contribution in [3.05, 3.63) is 71.8 Å². The lowest BCUT2D eigenvalue weighted by molar-refractivity contribution is 0.0285. The minimum absolute atomic E-state index is 0.0289. The molecule has 0 radical (unpaired) electrons. The van der Waals surface area contributed by atoms with Gasteiger partial charge < -0.3 is 4.74 Å². The zero-order valence-corrected chi connectivity index (χ0v) is 14.4. The Hall–Kier alpha value is -2.50. The number of hydrogen-bond donors (Lipinski definition) is 1. The van der Waals surface area contributed by atoms with E-state index in [0.29, 0.717) is 18.8 Å². The van der Waals surface area contributed by atoms with Crippen molar-refractivity contribution >= 4 is 11.6 Å². The van der Waals surface area contributed by atoms with E-state index in [1.807, 2.05) is 43.3 Å². The van der Waals surface area contributed by atoms with Crippen LogP contribution in [-0.2, 0) is 4.74 Å². The van der Waals surface area contributed by atoms with E-state index in [-0.39, 0.29) is 11.9 Å². The first-order valence-electron chi connectivity index (χ1n) is 8.52. The Labute approximate surface area is 148 Å². The summed E-state index contributed by atoms with van der Waals surface area (Å²) in [6.45, 7) is 5.08. The third kappa shape index (κ3) is 4.53. The normalized spacial score (nSPS) is 17.1. The number of carbonyl (C=O) groups is 1. The van der Waals surface area contributed by atoms with Crippen molar-refractivity contribution in [2.24, 2.45) is 5.10 Å². The van der Waals surface area contributed by atoms with Gasteiger partial charge >= 0.3 is 0 Å². The van der Waals surface area contributed by atoms with Crippen molar-refractivity contribution in [3.63, 3.8) is 0 Å². The summed E-state index contributed by atoms with van der Waals surface area (Å²) < 4.78 is 5.47. The van der Waals surface area contributed by atoms with Crippen molar-refractivity contribution in [3.8, 4) is 0 Å². The Morgan fingerprint density at radius 2 is 1.64 bits per heavy atom. The van der Waals surface area contributed by atoms with Crippen molar-refractivity contribution < 1.29 is 9.53 Å². The van der Waals surface area contributed by atoms with Crippen LogP contribution in [0.15, 0.2) is 65.8 Å². The van der Waals surface area contributed by atoms with Gasteiger partial charge in [0.1, 0.15) is 0 Å². The smallest absolute Gasteiger partial charge is 0.271 e. The molecule has 5 nitrogen and oxygen atoms in total. The van der Waals surface area contributed by atoms with Crippen LogP contribution in [0.4, 0.5) is 0 Å². The van der Waals surface area contributed by atoms with Gasteiger partial charge in [0.2, 0.25) is 0 Å². The van der Waals surface area contributed by atoms with E-state index >= 15 is 0 Å². The molecule has 0 spiro atoms. The summed E-state index contributed by atoms with van der Waals surface area (Å²) in [5, 5.41) is 4.39. The number of hydrazone groups is 1. The van der Waals surface area contributed by atoms with Crippen LogP contribution in [0.5, 0.6) is 0 Å². The molecule has 1 heterocycles. The standard InChI is InChI=1S/C20H23N3O2/c1-16(21-22-20(24)18-10-6-3-7-11-18)19(17-8-4-2-5-9-17)23-12-14-25-15-13-23/h2-11,19H,12-15H2,1H3,(H,22,24)/b21-16-/t19-/m0/s1. The van der Waals surface area contributed by atoms with E-state index in [4.69, 9.17) is 4.74 Å². The number of ether oxygens (including phenoxy) is 1. The highest BCUT2D eigenvalue weighted by Crippen LogP contribution is 2.23. The summed E-state index contributed by atoms with van der Waals surface area (Å²) in [4.78, 5) is 14.6. The van der Waals surface area contributed by atoms with E-state index in [2.05, 4.69) is 27.6 Å². The predicted octanol–water partition coefficient (Wildman–Crippen LogP) is 2.87. The molecule has 1 amide bonds. The van der Waals surface area contributed by atoms with Gasteiger partial charge in [-0.3, -0.25) is 9.69 Å². The number of morpholine rings is 1. The topological polar surface area (TPSA) is 53.9 Å². The number of nitrogens with zero attached hydrogens (tertiary/aromatic N) is 2. The summed E-state index contributed by atoms with van der Waals surface area (Å²) in [5.41, 5.74) is 5.30. The van der Waals surface area contributed by atoms with Crippen molar-refractivity contribution in [1.29, 1.82) is 0 Å². The second-order valence-corrected chi connectivity index (χ2v) is 6.02. The Morgan fingerprint density at radius 1 is 1.04 bits per heavy atom. The average Bonchev–Trinajstić information content (AvgIpc) is 2.69. The van der Waals surface area contributed by atoms with Gasteiger partial charge in [0.15, 0.2) is 0 Å². The van der Waals surface area contributed by atoms with E-state index in [0.717, 1.165) is 18.8 Å². The Kier molecular flexibility index (Phi) is 5.93. The molecule has 3 rings (SSSR count). The van der Waals surface area contributed by atoms with Gasteiger partial charge in [0.05, 0.1) is 25.0 Å². The summed E-state index contributed by atoms with van der Waals surface area (Å²) in [6.07, 6.45) is 0. The Morgan fingerprint density at radius 3 is 2.28 bits per heavy atom. The lowest BCUT2D eigenvalue weighted by Crippen LogP contribution is -2.42. The molecule has 1 aliphatic heterocycles. The Bertz CT molecular complexity index is 710. The largest absolute Gasteiger partial charge is 0.379 e. The van der Waals surface area contributed by atoms with E-state index < -0.39 is 0 Å². The molecule has 25 heavy (non-hydrogen) atoms. The molecule has 5 heteroatoms. The third-order valence-corrected chi connectivity index (χ3v) is 4.29. The van der Waals surface area contributed by atoms with Crippen LogP contribution in [0.3, 0.4) is 0 Å². The first-order chi connectivity index (χ1) is 12.3. The molecule has 2 aromatic carbocycles.